The summed E-state index contributed by atoms with van der Waals surface area (Å²) in [6, 6.07) is 13.5. The van der Waals surface area contributed by atoms with Crippen LogP contribution in [0.4, 0.5) is 4.39 Å². The Hall–Kier alpha value is -1.19. The molecule has 0 bridgehead atoms. The molecule has 3 heteroatoms. The van der Waals surface area contributed by atoms with Gasteiger partial charge in [-0.25, -0.2) is 4.39 Å². The Balaban J connectivity index is 2.10. The van der Waals surface area contributed by atoms with Crippen molar-refractivity contribution in [3.8, 4) is 0 Å². The molecule has 86 valence electrons. The van der Waals surface area contributed by atoms with Gasteiger partial charge in [0.2, 0.25) is 0 Å². The summed E-state index contributed by atoms with van der Waals surface area (Å²) in [5, 5.41) is 3.35. The van der Waals surface area contributed by atoms with E-state index in [0.29, 0.717) is 10.0 Å². The van der Waals surface area contributed by atoms with Crippen LogP contribution < -0.4 is 5.32 Å². The topological polar surface area (TPSA) is 12.0 Å². The maximum atomic E-state index is 14.1. The van der Waals surface area contributed by atoms with Gasteiger partial charge in [0, 0.05) is 12.1 Å². The molecule has 0 saturated heterocycles. The zero-order chi connectivity index (χ0) is 11.8. The predicted octanol–water partition coefficient (Wildman–Crippen LogP) is 3.78. The van der Waals surface area contributed by atoms with Crippen molar-refractivity contribution in [3.63, 3.8) is 0 Å². The zero-order valence-electron chi connectivity index (χ0n) is 9.08. The van der Waals surface area contributed by atoms with E-state index in [-0.39, 0.29) is 11.9 Å². The molecule has 2 aromatic carbocycles. The van der Waals surface area contributed by atoms with E-state index in [1.807, 2.05) is 24.3 Å². The van der Waals surface area contributed by atoms with Gasteiger partial charge in [0.15, 0.2) is 0 Å². The standard InChI is InChI=1S/C14H11BrFN/c15-12-7-3-6-11(13(12)16)14-10-5-2-1-4-9(10)8-17-14/h1-7,14,17H,8H2. The van der Waals surface area contributed by atoms with Crippen molar-refractivity contribution in [3.05, 3.63) is 69.4 Å². The van der Waals surface area contributed by atoms with Crippen molar-refractivity contribution in [2.24, 2.45) is 0 Å². The molecule has 0 radical (unpaired) electrons. The lowest BCUT2D eigenvalue weighted by Gasteiger charge is -2.14. The number of rotatable bonds is 1. The highest BCUT2D eigenvalue weighted by atomic mass is 79.9. The number of hydrogen-bond donors (Lipinski definition) is 1. The summed E-state index contributed by atoms with van der Waals surface area (Å²) in [6.07, 6.45) is 0. The molecule has 0 spiro atoms. The van der Waals surface area contributed by atoms with Gasteiger partial charge in [-0.15, -0.1) is 0 Å². The Morgan fingerprint density at radius 1 is 1.06 bits per heavy atom. The molecular formula is C14H11BrFN. The molecular weight excluding hydrogens is 281 g/mol. The molecule has 0 saturated carbocycles. The van der Waals surface area contributed by atoms with Gasteiger partial charge in [0.25, 0.3) is 0 Å². The quantitative estimate of drug-likeness (QED) is 0.843. The molecule has 1 atom stereocenters. The SMILES string of the molecule is Fc1c(Br)cccc1C1NCc2ccccc21. The van der Waals surface area contributed by atoms with Crippen molar-refractivity contribution in [1.29, 1.82) is 0 Å². The van der Waals surface area contributed by atoms with E-state index in [9.17, 15) is 4.39 Å². The van der Waals surface area contributed by atoms with Crippen molar-refractivity contribution in [1.82, 2.24) is 5.32 Å². The third-order valence-electron chi connectivity index (χ3n) is 3.16. The average molecular weight is 292 g/mol. The minimum atomic E-state index is -0.179. The van der Waals surface area contributed by atoms with Crippen LogP contribution in [0.5, 0.6) is 0 Å². The molecule has 0 aromatic heterocycles. The molecule has 2 aromatic rings. The lowest BCUT2D eigenvalue weighted by Crippen LogP contribution is -2.14. The predicted molar refractivity (Wildman–Crippen MR) is 69.2 cm³/mol. The summed E-state index contributed by atoms with van der Waals surface area (Å²) in [5.41, 5.74) is 3.12. The fraction of sp³-hybridized carbons (Fsp3) is 0.143. The van der Waals surface area contributed by atoms with Gasteiger partial charge in [-0.2, -0.15) is 0 Å². The molecule has 1 heterocycles. The van der Waals surface area contributed by atoms with Crippen LogP contribution in [0.1, 0.15) is 22.7 Å². The van der Waals surface area contributed by atoms with Crippen LogP contribution in [0.3, 0.4) is 0 Å². The number of hydrogen-bond acceptors (Lipinski definition) is 1. The van der Waals surface area contributed by atoms with Gasteiger partial charge < -0.3 is 5.32 Å². The Bertz CT molecular complexity index is 568. The molecule has 1 N–H and O–H groups in total. The molecule has 1 unspecified atom stereocenters. The van der Waals surface area contributed by atoms with Gasteiger partial charge in [-0.05, 0) is 33.1 Å². The maximum absolute atomic E-state index is 14.1. The summed E-state index contributed by atoms with van der Waals surface area (Å²) < 4.78 is 14.6. The van der Waals surface area contributed by atoms with Crippen LogP contribution >= 0.6 is 15.9 Å². The first-order valence-corrected chi connectivity index (χ1v) is 6.32. The van der Waals surface area contributed by atoms with Gasteiger partial charge in [-0.1, -0.05) is 36.4 Å². The van der Waals surface area contributed by atoms with Gasteiger partial charge in [0.05, 0.1) is 10.5 Å². The molecule has 0 aliphatic carbocycles. The molecule has 1 aliphatic rings. The van der Waals surface area contributed by atoms with Gasteiger partial charge >= 0.3 is 0 Å². The monoisotopic (exact) mass is 291 g/mol. The number of benzene rings is 2. The highest BCUT2D eigenvalue weighted by Crippen LogP contribution is 2.33. The fourth-order valence-corrected chi connectivity index (χ4v) is 2.70. The summed E-state index contributed by atoms with van der Waals surface area (Å²) in [5.74, 6) is -0.179. The molecule has 0 fully saturated rings. The van der Waals surface area contributed by atoms with E-state index in [1.54, 1.807) is 6.07 Å². The number of halogens is 2. The lowest BCUT2D eigenvalue weighted by atomic mass is 9.98. The number of fused-ring (bicyclic) bond motifs is 1. The second-order valence-corrected chi connectivity index (χ2v) is 5.01. The second kappa shape index (κ2) is 4.24. The molecule has 1 aliphatic heterocycles. The number of nitrogens with one attached hydrogen (secondary N) is 1. The molecule has 0 amide bonds. The van der Waals surface area contributed by atoms with E-state index in [0.717, 1.165) is 6.54 Å². The smallest absolute Gasteiger partial charge is 0.142 e. The third kappa shape index (κ3) is 1.79. The molecule has 3 rings (SSSR count). The largest absolute Gasteiger partial charge is 0.302 e. The van der Waals surface area contributed by atoms with Gasteiger partial charge in [0.1, 0.15) is 5.82 Å². The molecule has 17 heavy (non-hydrogen) atoms. The second-order valence-electron chi connectivity index (χ2n) is 4.16. The van der Waals surface area contributed by atoms with Crippen LogP contribution in [0.2, 0.25) is 0 Å². The fourth-order valence-electron chi connectivity index (χ4n) is 2.32. The summed E-state index contributed by atoms with van der Waals surface area (Å²) in [7, 11) is 0. The molecule has 1 nitrogen and oxygen atoms in total. The third-order valence-corrected chi connectivity index (χ3v) is 3.77. The minimum Gasteiger partial charge on any atom is -0.302 e. The van der Waals surface area contributed by atoms with Crippen molar-refractivity contribution >= 4 is 15.9 Å². The van der Waals surface area contributed by atoms with Gasteiger partial charge in [-0.3, -0.25) is 0 Å². The van der Waals surface area contributed by atoms with Crippen molar-refractivity contribution in [2.45, 2.75) is 12.6 Å². The van der Waals surface area contributed by atoms with E-state index in [2.05, 4.69) is 33.4 Å². The zero-order valence-corrected chi connectivity index (χ0v) is 10.7. The Morgan fingerprint density at radius 2 is 1.82 bits per heavy atom. The van der Waals surface area contributed by atoms with Crippen LogP contribution in [0.25, 0.3) is 0 Å². The van der Waals surface area contributed by atoms with E-state index in [4.69, 9.17) is 0 Å². The normalized spacial score (nSPS) is 18.1. The first-order valence-electron chi connectivity index (χ1n) is 5.52. The Morgan fingerprint density at radius 3 is 2.71 bits per heavy atom. The summed E-state index contributed by atoms with van der Waals surface area (Å²) >= 11 is 3.23. The van der Waals surface area contributed by atoms with E-state index in [1.165, 1.54) is 11.1 Å². The van der Waals surface area contributed by atoms with Crippen molar-refractivity contribution < 1.29 is 4.39 Å². The highest BCUT2D eigenvalue weighted by molar-refractivity contribution is 9.10. The maximum Gasteiger partial charge on any atom is 0.142 e. The highest BCUT2D eigenvalue weighted by Gasteiger charge is 2.25. The summed E-state index contributed by atoms with van der Waals surface area (Å²) in [4.78, 5) is 0. The Kier molecular flexibility index (Phi) is 2.73. The summed E-state index contributed by atoms with van der Waals surface area (Å²) in [6.45, 7) is 0.798. The lowest BCUT2D eigenvalue weighted by molar-refractivity contribution is 0.568. The van der Waals surface area contributed by atoms with Crippen LogP contribution in [-0.2, 0) is 6.54 Å². The average Bonchev–Trinajstić information content (AvgIpc) is 2.77. The Labute approximate surface area is 108 Å². The van der Waals surface area contributed by atoms with Crippen LogP contribution in [0, 0.1) is 5.82 Å². The van der Waals surface area contributed by atoms with E-state index < -0.39 is 0 Å². The minimum absolute atomic E-state index is 0.0382. The van der Waals surface area contributed by atoms with Crippen LogP contribution in [-0.4, -0.2) is 0 Å². The van der Waals surface area contributed by atoms with Crippen molar-refractivity contribution in [2.75, 3.05) is 0 Å². The van der Waals surface area contributed by atoms with E-state index >= 15 is 0 Å². The first kappa shape index (κ1) is 10.9. The first-order chi connectivity index (χ1) is 8.27. The van der Waals surface area contributed by atoms with Crippen LogP contribution in [0.15, 0.2) is 46.9 Å².